The number of hydrogen-bond acceptors (Lipinski definition) is 3. The third kappa shape index (κ3) is 2.05. The highest BCUT2D eigenvalue weighted by Gasteiger charge is 2.49. The molecular formula is C14H23NO3. The van der Waals surface area contributed by atoms with Gasteiger partial charge in [-0.3, -0.25) is 4.79 Å². The van der Waals surface area contributed by atoms with Gasteiger partial charge >= 0.3 is 5.97 Å². The van der Waals surface area contributed by atoms with Crippen LogP contribution in [0.5, 0.6) is 0 Å². The molecule has 1 aliphatic carbocycles. The number of likely N-dealkylation sites (tertiary alicyclic amines) is 1. The standard InChI is InChI=1S/C14H23NO3/c16-12(17)14(5-7-18-8-6-14)11-15-9-13(10-15)3-1-2-4-13/h1-11H2,(H,16,17). The summed E-state index contributed by atoms with van der Waals surface area (Å²) in [5.74, 6) is -0.627. The highest BCUT2D eigenvalue weighted by molar-refractivity contribution is 5.75. The Bertz CT molecular complexity index is 322. The lowest BCUT2D eigenvalue weighted by Gasteiger charge is -2.51. The van der Waals surface area contributed by atoms with Gasteiger partial charge in [-0.25, -0.2) is 0 Å². The molecule has 4 heteroatoms. The van der Waals surface area contributed by atoms with E-state index in [1.54, 1.807) is 0 Å². The van der Waals surface area contributed by atoms with Crippen molar-refractivity contribution < 1.29 is 14.6 Å². The first-order chi connectivity index (χ1) is 8.64. The maximum Gasteiger partial charge on any atom is 0.311 e. The van der Waals surface area contributed by atoms with Crippen LogP contribution in [-0.2, 0) is 9.53 Å². The van der Waals surface area contributed by atoms with Gasteiger partial charge in [0.2, 0.25) is 0 Å². The number of rotatable bonds is 3. The van der Waals surface area contributed by atoms with E-state index in [4.69, 9.17) is 4.74 Å². The zero-order chi connectivity index (χ0) is 12.6. The average Bonchev–Trinajstić information content (AvgIpc) is 2.79. The lowest BCUT2D eigenvalue weighted by Crippen LogP contribution is -2.59. The van der Waals surface area contributed by atoms with Crippen LogP contribution in [-0.4, -0.2) is 48.8 Å². The zero-order valence-electron chi connectivity index (χ0n) is 11.0. The van der Waals surface area contributed by atoms with Gasteiger partial charge in [0.1, 0.15) is 0 Å². The van der Waals surface area contributed by atoms with Crippen molar-refractivity contribution in [3.8, 4) is 0 Å². The van der Waals surface area contributed by atoms with Gasteiger partial charge in [-0.2, -0.15) is 0 Å². The molecule has 0 amide bonds. The van der Waals surface area contributed by atoms with Gasteiger partial charge in [0.25, 0.3) is 0 Å². The SMILES string of the molecule is O=C(O)C1(CN2CC3(CCCC3)C2)CCOCC1. The van der Waals surface area contributed by atoms with Crippen molar-refractivity contribution >= 4 is 5.97 Å². The molecule has 0 bridgehead atoms. The number of carboxylic acid groups (broad SMARTS) is 1. The Labute approximate surface area is 108 Å². The molecule has 3 rings (SSSR count). The van der Waals surface area contributed by atoms with Crippen LogP contribution in [0.15, 0.2) is 0 Å². The van der Waals surface area contributed by atoms with Crippen LogP contribution in [0.1, 0.15) is 38.5 Å². The van der Waals surface area contributed by atoms with Crippen molar-refractivity contribution in [3.63, 3.8) is 0 Å². The number of carboxylic acids is 1. The monoisotopic (exact) mass is 253 g/mol. The van der Waals surface area contributed by atoms with Crippen molar-refractivity contribution in [2.45, 2.75) is 38.5 Å². The summed E-state index contributed by atoms with van der Waals surface area (Å²) in [6.07, 6.45) is 6.79. The molecule has 2 aliphatic heterocycles. The largest absolute Gasteiger partial charge is 0.481 e. The van der Waals surface area contributed by atoms with Crippen LogP contribution in [0.25, 0.3) is 0 Å². The van der Waals surface area contributed by atoms with Crippen LogP contribution < -0.4 is 0 Å². The van der Waals surface area contributed by atoms with Gasteiger partial charge in [0.15, 0.2) is 0 Å². The summed E-state index contributed by atoms with van der Waals surface area (Å²) in [4.78, 5) is 13.9. The second-order valence-corrected chi connectivity index (χ2v) is 6.55. The van der Waals surface area contributed by atoms with Gasteiger partial charge in [-0.1, -0.05) is 12.8 Å². The maximum absolute atomic E-state index is 11.6. The van der Waals surface area contributed by atoms with Crippen molar-refractivity contribution in [2.75, 3.05) is 32.8 Å². The quantitative estimate of drug-likeness (QED) is 0.832. The molecule has 4 nitrogen and oxygen atoms in total. The lowest BCUT2D eigenvalue weighted by molar-refractivity contribution is -0.160. The van der Waals surface area contributed by atoms with Crippen molar-refractivity contribution in [1.82, 2.24) is 4.90 Å². The normalized spacial score (nSPS) is 30.2. The van der Waals surface area contributed by atoms with Gasteiger partial charge in [-0.05, 0) is 31.1 Å². The molecule has 3 aliphatic rings. The van der Waals surface area contributed by atoms with E-state index in [1.807, 2.05) is 0 Å². The second-order valence-electron chi connectivity index (χ2n) is 6.55. The van der Waals surface area contributed by atoms with Crippen LogP contribution >= 0.6 is 0 Å². The minimum atomic E-state index is -0.627. The summed E-state index contributed by atoms with van der Waals surface area (Å²) in [5.41, 5.74) is 0.0172. The molecule has 2 heterocycles. The smallest absolute Gasteiger partial charge is 0.311 e. The Morgan fingerprint density at radius 3 is 2.28 bits per heavy atom. The third-order valence-corrected chi connectivity index (χ3v) is 5.21. The summed E-state index contributed by atoms with van der Waals surface area (Å²) in [7, 11) is 0. The summed E-state index contributed by atoms with van der Waals surface area (Å²) in [6, 6.07) is 0. The van der Waals surface area contributed by atoms with Gasteiger partial charge in [0.05, 0.1) is 5.41 Å². The molecule has 0 atom stereocenters. The number of ether oxygens (including phenoxy) is 1. The van der Waals surface area contributed by atoms with E-state index in [0.29, 0.717) is 31.5 Å². The molecule has 0 aromatic rings. The highest BCUT2D eigenvalue weighted by atomic mass is 16.5. The average molecular weight is 253 g/mol. The van der Waals surface area contributed by atoms with Crippen LogP contribution in [0, 0.1) is 10.8 Å². The summed E-state index contributed by atoms with van der Waals surface area (Å²) >= 11 is 0. The Morgan fingerprint density at radius 1 is 1.11 bits per heavy atom. The predicted molar refractivity (Wildman–Crippen MR) is 67.5 cm³/mol. The van der Waals surface area contributed by atoms with E-state index >= 15 is 0 Å². The summed E-state index contributed by atoms with van der Waals surface area (Å²) in [6.45, 7) is 4.19. The fraction of sp³-hybridized carbons (Fsp3) is 0.929. The zero-order valence-corrected chi connectivity index (χ0v) is 11.0. The molecular weight excluding hydrogens is 230 g/mol. The van der Waals surface area contributed by atoms with E-state index in [0.717, 1.165) is 19.6 Å². The highest BCUT2D eigenvalue weighted by Crippen LogP contribution is 2.47. The molecule has 0 unspecified atom stereocenters. The molecule has 1 N–H and O–H groups in total. The summed E-state index contributed by atoms with van der Waals surface area (Å²) in [5, 5.41) is 9.53. The first kappa shape index (κ1) is 12.4. The van der Waals surface area contributed by atoms with Crippen LogP contribution in [0.2, 0.25) is 0 Å². The van der Waals surface area contributed by atoms with Crippen molar-refractivity contribution in [1.29, 1.82) is 0 Å². The lowest BCUT2D eigenvalue weighted by atomic mass is 9.74. The molecule has 0 aromatic carbocycles. The molecule has 0 radical (unpaired) electrons. The molecule has 18 heavy (non-hydrogen) atoms. The number of carbonyl (C=O) groups is 1. The molecule has 102 valence electrons. The van der Waals surface area contributed by atoms with Crippen molar-refractivity contribution in [3.05, 3.63) is 0 Å². The Hall–Kier alpha value is -0.610. The molecule has 0 aromatic heterocycles. The van der Waals surface area contributed by atoms with Crippen LogP contribution in [0.4, 0.5) is 0 Å². The third-order valence-electron chi connectivity index (χ3n) is 5.21. The number of aliphatic carboxylic acids is 1. The Balaban J connectivity index is 1.59. The molecule has 3 fully saturated rings. The van der Waals surface area contributed by atoms with E-state index in [-0.39, 0.29) is 0 Å². The summed E-state index contributed by atoms with van der Waals surface area (Å²) < 4.78 is 5.32. The van der Waals surface area contributed by atoms with E-state index in [9.17, 15) is 9.90 Å². The fourth-order valence-corrected chi connectivity index (χ4v) is 4.09. The molecule has 1 saturated carbocycles. The first-order valence-electron chi connectivity index (χ1n) is 7.18. The predicted octanol–water partition coefficient (Wildman–Crippen LogP) is 1.74. The fourth-order valence-electron chi connectivity index (χ4n) is 4.09. The van der Waals surface area contributed by atoms with Crippen LogP contribution in [0.3, 0.4) is 0 Å². The molecule has 2 saturated heterocycles. The number of hydrogen-bond donors (Lipinski definition) is 1. The van der Waals surface area contributed by atoms with E-state index < -0.39 is 11.4 Å². The Kier molecular flexibility index (Phi) is 3.10. The van der Waals surface area contributed by atoms with Crippen molar-refractivity contribution in [2.24, 2.45) is 10.8 Å². The van der Waals surface area contributed by atoms with Gasteiger partial charge in [0, 0.05) is 32.8 Å². The first-order valence-corrected chi connectivity index (χ1v) is 7.18. The second kappa shape index (κ2) is 4.49. The number of nitrogens with zero attached hydrogens (tertiary/aromatic N) is 1. The van der Waals surface area contributed by atoms with Gasteiger partial charge < -0.3 is 14.7 Å². The Morgan fingerprint density at radius 2 is 1.72 bits per heavy atom. The van der Waals surface area contributed by atoms with Gasteiger partial charge in [-0.15, -0.1) is 0 Å². The topological polar surface area (TPSA) is 49.8 Å². The molecule has 1 spiro atoms. The maximum atomic E-state index is 11.6. The minimum Gasteiger partial charge on any atom is -0.481 e. The minimum absolute atomic E-state index is 0.543. The van der Waals surface area contributed by atoms with E-state index in [1.165, 1.54) is 25.7 Å². The van der Waals surface area contributed by atoms with E-state index in [2.05, 4.69) is 4.90 Å².